The van der Waals surface area contributed by atoms with Gasteiger partial charge in [-0.3, -0.25) is 0 Å². The van der Waals surface area contributed by atoms with Crippen LogP contribution in [0, 0.1) is 5.92 Å². The molecule has 3 nitrogen and oxygen atoms in total. The van der Waals surface area contributed by atoms with Gasteiger partial charge in [0.05, 0.1) is 5.88 Å². The smallest absolute Gasteiger partial charge is 0.148 e. The molecule has 0 radical (unpaired) electrons. The molecule has 0 aromatic carbocycles. The van der Waals surface area contributed by atoms with Gasteiger partial charge in [0.15, 0.2) is 0 Å². The molecule has 2 saturated carbocycles. The van der Waals surface area contributed by atoms with E-state index in [0.29, 0.717) is 17.8 Å². The molecule has 3 rings (SSSR count). The fourth-order valence-electron chi connectivity index (χ4n) is 3.85. The van der Waals surface area contributed by atoms with Gasteiger partial charge >= 0.3 is 0 Å². The first-order valence-electron chi connectivity index (χ1n) is 7.66. The monoisotopic (exact) mass is 281 g/mol. The number of halogens is 1. The van der Waals surface area contributed by atoms with E-state index >= 15 is 0 Å². The van der Waals surface area contributed by atoms with E-state index < -0.39 is 0 Å². The molecule has 1 aromatic rings. The zero-order chi connectivity index (χ0) is 13.5. The van der Waals surface area contributed by atoms with Crippen LogP contribution in [0.3, 0.4) is 0 Å². The quantitative estimate of drug-likeness (QED) is 0.757. The SMILES string of the molecule is CC(C)CC1(c2nnc(CCl)n2C2CC2)CCCC1. The van der Waals surface area contributed by atoms with Gasteiger partial charge in [0.2, 0.25) is 0 Å². The van der Waals surface area contributed by atoms with Gasteiger partial charge in [-0.25, -0.2) is 0 Å². The first-order valence-corrected chi connectivity index (χ1v) is 8.20. The second kappa shape index (κ2) is 5.08. The van der Waals surface area contributed by atoms with E-state index in [1.54, 1.807) is 0 Å². The number of hydrogen-bond acceptors (Lipinski definition) is 2. The Bertz CT molecular complexity index is 442. The molecule has 2 fully saturated rings. The van der Waals surface area contributed by atoms with Crippen LogP contribution in [0.25, 0.3) is 0 Å². The van der Waals surface area contributed by atoms with Crippen LogP contribution in [-0.2, 0) is 11.3 Å². The Morgan fingerprint density at radius 3 is 2.47 bits per heavy atom. The summed E-state index contributed by atoms with van der Waals surface area (Å²) in [7, 11) is 0. The maximum absolute atomic E-state index is 6.05. The Labute approximate surface area is 120 Å². The minimum absolute atomic E-state index is 0.272. The van der Waals surface area contributed by atoms with E-state index in [9.17, 15) is 0 Å². The summed E-state index contributed by atoms with van der Waals surface area (Å²) in [5.41, 5.74) is 0.272. The summed E-state index contributed by atoms with van der Waals surface area (Å²) in [6.07, 6.45) is 9.00. The Morgan fingerprint density at radius 2 is 1.95 bits per heavy atom. The molecule has 0 bridgehead atoms. The Morgan fingerprint density at radius 1 is 1.26 bits per heavy atom. The lowest BCUT2D eigenvalue weighted by Gasteiger charge is -2.30. The highest BCUT2D eigenvalue weighted by molar-refractivity contribution is 6.16. The van der Waals surface area contributed by atoms with Crippen molar-refractivity contribution in [2.24, 2.45) is 5.92 Å². The van der Waals surface area contributed by atoms with Gasteiger partial charge in [0.1, 0.15) is 11.6 Å². The largest absolute Gasteiger partial charge is 0.310 e. The molecule has 0 unspecified atom stereocenters. The van der Waals surface area contributed by atoms with E-state index in [1.807, 2.05) is 0 Å². The fourth-order valence-corrected chi connectivity index (χ4v) is 4.03. The molecule has 106 valence electrons. The molecule has 1 aromatic heterocycles. The molecule has 0 aliphatic heterocycles. The highest BCUT2D eigenvalue weighted by Gasteiger charge is 2.43. The van der Waals surface area contributed by atoms with Crippen molar-refractivity contribution in [1.82, 2.24) is 14.8 Å². The average molecular weight is 282 g/mol. The average Bonchev–Trinajstić information content (AvgIpc) is 2.94. The van der Waals surface area contributed by atoms with Crippen molar-refractivity contribution >= 4 is 11.6 Å². The molecule has 19 heavy (non-hydrogen) atoms. The third-order valence-electron chi connectivity index (χ3n) is 4.63. The van der Waals surface area contributed by atoms with Crippen LogP contribution >= 0.6 is 11.6 Å². The molecule has 0 spiro atoms. The third kappa shape index (κ3) is 2.42. The topological polar surface area (TPSA) is 30.7 Å². The first-order chi connectivity index (χ1) is 9.16. The summed E-state index contributed by atoms with van der Waals surface area (Å²) in [5, 5.41) is 8.96. The Kier molecular flexibility index (Phi) is 3.59. The first kappa shape index (κ1) is 13.4. The molecular weight excluding hydrogens is 258 g/mol. The van der Waals surface area contributed by atoms with Crippen LogP contribution in [0.2, 0.25) is 0 Å². The lowest BCUT2D eigenvalue weighted by Crippen LogP contribution is -2.29. The molecule has 4 heteroatoms. The lowest BCUT2D eigenvalue weighted by molar-refractivity contribution is 0.315. The normalized spacial score (nSPS) is 22.3. The van der Waals surface area contributed by atoms with E-state index in [4.69, 9.17) is 11.6 Å². The van der Waals surface area contributed by atoms with Crippen molar-refractivity contribution in [2.45, 2.75) is 76.1 Å². The van der Waals surface area contributed by atoms with E-state index in [0.717, 1.165) is 5.82 Å². The predicted octanol–water partition coefficient (Wildman–Crippen LogP) is 4.21. The summed E-state index contributed by atoms with van der Waals surface area (Å²) < 4.78 is 2.39. The van der Waals surface area contributed by atoms with Crippen molar-refractivity contribution in [3.63, 3.8) is 0 Å². The van der Waals surface area contributed by atoms with E-state index in [2.05, 4.69) is 28.6 Å². The number of rotatable bonds is 5. The van der Waals surface area contributed by atoms with Crippen LogP contribution in [0.15, 0.2) is 0 Å². The molecule has 1 heterocycles. The molecule has 2 aliphatic carbocycles. The van der Waals surface area contributed by atoms with Gasteiger partial charge in [-0.05, 0) is 38.0 Å². The van der Waals surface area contributed by atoms with Gasteiger partial charge < -0.3 is 4.57 Å². The molecule has 0 saturated heterocycles. The molecular formula is C15H24ClN3. The minimum Gasteiger partial charge on any atom is -0.310 e. The minimum atomic E-state index is 0.272. The second-order valence-electron chi connectivity index (χ2n) is 6.76. The number of nitrogens with zero attached hydrogens (tertiary/aromatic N) is 3. The maximum atomic E-state index is 6.05. The third-order valence-corrected chi connectivity index (χ3v) is 4.87. The van der Waals surface area contributed by atoms with Crippen LogP contribution in [-0.4, -0.2) is 14.8 Å². The van der Waals surface area contributed by atoms with Crippen LogP contribution in [0.5, 0.6) is 0 Å². The predicted molar refractivity (Wildman–Crippen MR) is 77.5 cm³/mol. The van der Waals surface area contributed by atoms with Crippen LogP contribution in [0.4, 0.5) is 0 Å². The van der Waals surface area contributed by atoms with Gasteiger partial charge in [-0.1, -0.05) is 26.7 Å². The van der Waals surface area contributed by atoms with Gasteiger partial charge in [-0.15, -0.1) is 21.8 Å². The van der Waals surface area contributed by atoms with Crippen molar-refractivity contribution in [2.75, 3.05) is 0 Å². The number of hydrogen-bond donors (Lipinski definition) is 0. The molecule has 2 aliphatic rings. The van der Waals surface area contributed by atoms with Gasteiger partial charge in [0.25, 0.3) is 0 Å². The molecule has 0 amide bonds. The number of alkyl halides is 1. The zero-order valence-electron chi connectivity index (χ0n) is 12.0. The van der Waals surface area contributed by atoms with Crippen molar-refractivity contribution < 1.29 is 0 Å². The maximum Gasteiger partial charge on any atom is 0.148 e. The highest BCUT2D eigenvalue weighted by atomic mass is 35.5. The highest BCUT2D eigenvalue weighted by Crippen LogP contribution is 2.48. The Hall–Kier alpha value is -0.570. The summed E-state index contributed by atoms with van der Waals surface area (Å²) >= 11 is 6.05. The van der Waals surface area contributed by atoms with E-state index in [1.165, 1.54) is 50.8 Å². The van der Waals surface area contributed by atoms with Crippen molar-refractivity contribution in [3.05, 3.63) is 11.6 Å². The van der Waals surface area contributed by atoms with Gasteiger partial charge in [-0.2, -0.15) is 0 Å². The summed E-state index contributed by atoms with van der Waals surface area (Å²) in [4.78, 5) is 0. The summed E-state index contributed by atoms with van der Waals surface area (Å²) in [6.45, 7) is 4.64. The van der Waals surface area contributed by atoms with E-state index in [-0.39, 0.29) is 5.41 Å². The second-order valence-corrected chi connectivity index (χ2v) is 7.03. The van der Waals surface area contributed by atoms with Crippen LogP contribution < -0.4 is 0 Å². The summed E-state index contributed by atoms with van der Waals surface area (Å²) in [5.74, 6) is 3.43. The van der Waals surface area contributed by atoms with Crippen molar-refractivity contribution in [3.8, 4) is 0 Å². The lowest BCUT2D eigenvalue weighted by atomic mass is 9.77. The van der Waals surface area contributed by atoms with Crippen molar-refractivity contribution in [1.29, 1.82) is 0 Å². The standard InChI is InChI=1S/C15H24ClN3/c1-11(2)9-15(7-3-4-8-15)14-18-17-13(10-16)19(14)12-5-6-12/h11-12H,3-10H2,1-2H3. The van der Waals surface area contributed by atoms with Crippen LogP contribution in [0.1, 0.15) is 76.5 Å². The summed E-state index contributed by atoms with van der Waals surface area (Å²) in [6, 6.07) is 0.628. The molecule has 0 atom stereocenters. The zero-order valence-corrected chi connectivity index (χ0v) is 12.8. The fraction of sp³-hybridized carbons (Fsp3) is 0.867. The molecule has 0 N–H and O–H groups in total. The van der Waals surface area contributed by atoms with Gasteiger partial charge in [0, 0.05) is 11.5 Å². The number of aromatic nitrogens is 3. The Balaban J connectivity index is 2.00.